The van der Waals surface area contributed by atoms with E-state index < -0.39 is 6.10 Å². The molecule has 0 aromatic heterocycles. The molecule has 12 heavy (non-hydrogen) atoms. The summed E-state index contributed by atoms with van der Waals surface area (Å²) in [6.45, 7) is 5.88. The van der Waals surface area contributed by atoms with Crippen LogP contribution in [0.3, 0.4) is 0 Å². The molecule has 1 rings (SSSR count). The number of aliphatic hydroxyl groups is 2. The van der Waals surface area contributed by atoms with Gasteiger partial charge >= 0.3 is 0 Å². The summed E-state index contributed by atoms with van der Waals surface area (Å²) in [5.41, 5.74) is 0. The summed E-state index contributed by atoms with van der Waals surface area (Å²) in [4.78, 5) is 0. The summed E-state index contributed by atoms with van der Waals surface area (Å²) in [5, 5.41) is 18.6. The Bertz CT molecular complexity index is 144. The average molecular weight is 174 g/mol. The van der Waals surface area contributed by atoms with E-state index in [0.717, 1.165) is 0 Å². The number of aliphatic hydroxyl groups excluding tert-OH is 2. The maximum absolute atomic E-state index is 9.62. The molecule has 0 aromatic rings. The number of ether oxygens (including phenoxy) is 1. The van der Waals surface area contributed by atoms with Crippen LogP contribution >= 0.6 is 0 Å². The molecular formula is C9H18O3. The highest BCUT2D eigenvalue weighted by Gasteiger charge is 2.37. The van der Waals surface area contributed by atoms with Gasteiger partial charge in [-0.1, -0.05) is 13.8 Å². The molecule has 5 atom stereocenters. The molecule has 3 heteroatoms. The SMILES string of the molecule is CC1C(CO)OC(C)[C@H](O)C1C. The first-order chi connectivity index (χ1) is 5.57. The zero-order valence-corrected chi connectivity index (χ0v) is 7.90. The van der Waals surface area contributed by atoms with Gasteiger partial charge in [0, 0.05) is 0 Å². The van der Waals surface area contributed by atoms with Crippen molar-refractivity contribution in [2.45, 2.75) is 39.1 Å². The second-order valence-electron chi connectivity index (χ2n) is 3.77. The van der Waals surface area contributed by atoms with E-state index in [9.17, 15) is 5.11 Å². The molecule has 1 fully saturated rings. The highest BCUT2D eigenvalue weighted by Crippen LogP contribution is 2.29. The molecule has 1 aliphatic heterocycles. The maximum Gasteiger partial charge on any atom is 0.0839 e. The summed E-state index contributed by atoms with van der Waals surface area (Å²) in [7, 11) is 0. The van der Waals surface area contributed by atoms with Gasteiger partial charge in [-0.05, 0) is 18.8 Å². The molecule has 72 valence electrons. The van der Waals surface area contributed by atoms with Crippen molar-refractivity contribution in [3.63, 3.8) is 0 Å². The fourth-order valence-electron chi connectivity index (χ4n) is 1.77. The van der Waals surface area contributed by atoms with Crippen LogP contribution in [0.25, 0.3) is 0 Å². The second kappa shape index (κ2) is 3.73. The molecule has 4 unspecified atom stereocenters. The normalized spacial score (nSPS) is 49.2. The molecule has 0 radical (unpaired) electrons. The Morgan fingerprint density at radius 2 is 1.75 bits per heavy atom. The van der Waals surface area contributed by atoms with E-state index in [4.69, 9.17) is 9.84 Å². The predicted octanol–water partition coefficient (Wildman–Crippen LogP) is 0.399. The molecule has 1 saturated heterocycles. The topological polar surface area (TPSA) is 49.7 Å². The summed E-state index contributed by atoms with van der Waals surface area (Å²) in [6, 6.07) is 0. The van der Waals surface area contributed by atoms with E-state index in [2.05, 4.69) is 0 Å². The van der Waals surface area contributed by atoms with E-state index in [1.54, 1.807) is 0 Å². The third-order valence-corrected chi connectivity index (χ3v) is 3.00. The highest BCUT2D eigenvalue weighted by atomic mass is 16.5. The van der Waals surface area contributed by atoms with Crippen molar-refractivity contribution < 1.29 is 14.9 Å². The summed E-state index contributed by atoms with van der Waals surface area (Å²) in [6.07, 6.45) is -0.672. The van der Waals surface area contributed by atoms with Crippen molar-refractivity contribution in [1.29, 1.82) is 0 Å². The van der Waals surface area contributed by atoms with Gasteiger partial charge in [-0.25, -0.2) is 0 Å². The van der Waals surface area contributed by atoms with Crippen molar-refractivity contribution in [2.24, 2.45) is 11.8 Å². The van der Waals surface area contributed by atoms with Crippen LogP contribution in [0.1, 0.15) is 20.8 Å². The van der Waals surface area contributed by atoms with Crippen LogP contribution in [-0.4, -0.2) is 35.1 Å². The predicted molar refractivity (Wildman–Crippen MR) is 45.8 cm³/mol. The monoisotopic (exact) mass is 174 g/mol. The van der Waals surface area contributed by atoms with Gasteiger partial charge in [-0.2, -0.15) is 0 Å². The molecule has 2 N–H and O–H groups in total. The van der Waals surface area contributed by atoms with Gasteiger partial charge in [0.05, 0.1) is 24.9 Å². The fourth-order valence-corrected chi connectivity index (χ4v) is 1.77. The number of hydrogen-bond donors (Lipinski definition) is 2. The number of hydrogen-bond acceptors (Lipinski definition) is 3. The van der Waals surface area contributed by atoms with E-state index in [0.29, 0.717) is 0 Å². The van der Waals surface area contributed by atoms with Gasteiger partial charge in [0.15, 0.2) is 0 Å². The maximum atomic E-state index is 9.62. The Morgan fingerprint density at radius 3 is 2.25 bits per heavy atom. The Kier molecular flexibility index (Phi) is 3.09. The molecule has 0 spiro atoms. The second-order valence-corrected chi connectivity index (χ2v) is 3.77. The van der Waals surface area contributed by atoms with Crippen LogP contribution in [-0.2, 0) is 4.74 Å². The third kappa shape index (κ3) is 1.63. The molecule has 0 saturated carbocycles. The molecule has 1 aliphatic rings. The standard InChI is InChI=1S/C9H18O3/c1-5-6(2)9(11)7(3)12-8(5)4-10/h5-11H,4H2,1-3H3/t5?,6?,7?,8?,9-/m1/s1. The average Bonchev–Trinajstić information content (AvgIpc) is 2.08. The molecule has 0 aliphatic carbocycles. The first kappa shape index (κ1) is 9.96. The van der Waals surface area contributed by atoms with Gasteiger partial charge in [0.2, 0.25) is 0 Å². The van der Waals surface area contributed by atoms with Crippen LogP contribution in [0.4, 0.5) is 0 Å². The minimum atomic E-state index is -0.400. The van der Waals surface area contributed by atoms with Crippen molar-refractivity contribution in [2.75, 3.05) is 6.61 Å². The summed E-state index contributed by atoms with van der Waals surface area (Å²) < 4.78 is 5.43. The Labute approximate surface area is 73.4 Å². The molecule has 3 nitrogen and oxygen atoms in total. The fraction of sp³-hybridized carbons (Fsp3) is 1.00. The first-order valence-electron chi connectivity index (χ1n) is 4.52. The zero-order valence-electron chi connectivity index (χ0n) is 7.90. The van der Waals surface area contributed by atoms with Gasteiger partial charge in [0.1, 0.15) is 0 Å². The minimum absolute atomic E-state index is 0.0442. The number of rotatable bonds is 1. The lowest BCUT2D eigenvalue weighted by molar-refractivity contribution is -0.171. The summed E-state index contributed by atoms with van der Waals surface area (Å²) >= 11 is 0. The Morgan fingerprint density at radius 1 is 1.17 bits per heavy atom. The largest absolute Gasteiger partial charge is 0.394 e. The van der Waals surface area contributed by atoms with Crippen molar-refractivity contribution in [1.82, 2.24) is 0 Å². The lowest BCUT2D eigenvalue weighted by atomic mass is 9.82. The minimum Gasteiger partial charge on any atom is -0.394 e. The van der Waals surface area contributed by atoms with E-state index in [-0.39, 0.29) is 30.7 Å². The van der Waals surface area contributed by atoms with E-state index >= 15 is 0 Å². The van der Waals surface area contributed by atoms with E-state index in [1.807, 2.05) is 20.8 Å². The molecule has 0 amide bonds. The molecule has 0 aromatic carbocycles. The van der Waals surface area contributed by atoms with Crippen LogP contribution in [0.5, 0.6) is 0 Å². The van der Waals surface area contributed by atoms with Crippen molar-refractivity contribution >= 4 is 0 Å². The lowest BCUT2D eigenvalue weighted by Crippen LogP contribution is -2.49. The highest BCUT2D eigenvalue weighted by molar-refractivity contribution is 4.85. The molecular weight excluding hydrogens is 156 g/mol. The first-order valence-corrected chi connectivity index (χ1v) is 4.52. The van der Waals surface area contributed by atoms with Crippen molar-refractivity contribution in [3.8, 4) is 0 Å². The third-order valence-electron chi connectivity index (χ3n) is 3.00. The van der Waals surface area contributed by atoms with Crippen LogP contribution in [0, 0.1) is 11.8 Å². The molecule has 0 bridgehead atoms. The Balaban J connectivity index is 2.63. The van der Waals surface area contributed by atoms with Crippen LogP contribution in [0.2, 0.25) is 0 Å². The molecule has 1 heterocycles. The Hall–Kier alpha value is -0.120. The van der Waals surface area contributed by atoms with E-state index in [1.165, 1.54) is 0 Å². The quantitative estimate of drug-likeness (QED) is 0.605. The van der Waals surface area contributed by atoms with Crippen LogP contribution < -0.4 is 0 Å². The van der Waals surface area contributed by atoms with Gasteiger partial charge < -0.3 is 14.9 Å². The smallest absolute Gasteiger partial charge is 0.0839 e. The van der Waals surface area contributed by atoms with Gasteiger partial charge in [0.25, 0.3) is 0 Å². The zero-order chi connectivity index (χ0) is 9.30. The lowest BCUT2D eigenvalue weighted by Gasteiger charge is -2.40. The van der Waals surface area contributed by atoms with Crippen molar-refractivity contribution in [3.05, 3.63) is 0 Å². The summed E-state index contributed by atoms with van der Waals surface area (Å²) in [5.74, 6) is 0.423. The van der Waals surface area contributed by atoms with Crippen LogP contribution in [0.15, 0.2) is 0 Å². The van der Waals surface area contributed by atoms with Gasteiger partial charge in [-0.3, -0.25) is 0 Å². The van der Waals surface area contributed by atoms with Gasteiger partial charge in [-0.15, -0.1) is 0 Å².